The van der Waals surface area contributed by atoms with Crippen LogP contribution >= 0.6 is 0 Å². The molecule has 1 aliphatic rings. The molecular formula is C20H23N3O3. The first-order valence-electron chi connectivity index (χ1n) is 8.55. The van der Waals surface area contributed by atoms with E-state index in [2.05, 4.69) is 10.6 Å². The average Bonchev–Trinajstić information content (AvgIpc) is 2.71. The van der Waals surface area contributed by atoms with Gasteiger partial charge >= 0.3 is 6.09 Å². The third kappa shape index (κ3) is 4.14. The zero-order valence-corrected chi connectivity index (χ0v) is 15.2. The Kier molecular flexibility index (Phi) is 4.84. The molecule has 0 bridgehead atoms. The second kappa shape index (κ2) is 7.07. The maximum Gasteiger partial charge on any atom is 0.408 e. The molecule has 6 nitrogen and oxygen atoms in total. The van der Waals surface area contributed by atoms with Gasteiger partial charge in [0.15, 0.2) is 0 Å². The van der Waals surface area contributed by atoms with Crippen molar-refractivity contribution in [1.82, 2.24) is 5.32 Å². The zero-order chi connectivity index (χ0) is 18.7. The molecule has 0 aliphatic carbocycles. The second-order valence-corrected chi connectivity index (χ2v) is 7.15. The Balaban J connectivity index is 1.90. The summed E-state index contributed by atoms with van der Waals surface area (Å²) in [6.45, 7) is 5.65. The van der Waals surface area contributed by atoms with Crippen molar-refractivity contribution in [3.63, 3.8) is 0 Å². The van der Waals surface area contributed by atoms with E-state index >= 15 is 0 Å². The lowest BCUT2D eigenvalue weighted by Crippen LogP contribution is -2.49. The topological polar surface area (TPSA) is 70.7 Å². The molecule has 2 amide bonds. The van der Waals surface area contributed by atoms with Crippen LogP contribution in [0.25, 0.3) is 0 Å². The summed E-state index contributed by atoms with van der Waals surface area (Å²) in [6.07, 6.45) is -0.614. The molecular weight excluding hydrogens is 330 g/mol. The van der Waals surface area contributed by atoms with Crippen LogP contribution in [0, 0.1) is 0 Å². The summed E-state index contributed by atoms with van der Waals surface area (Å²) in [4.78, 5) is 26.8. The van der Waals surface area contributed by atoms with Crippen molar-refractivity contribution < 1.29 is 14.3 Å². The van der Waals surface area contributed by atoms with Crippen molar-refractivity contribution >= 4 is 29.1 Å². The molecule has 2 N–H and O–H groups in total. The number of amides is 2. The van der Waals surface area contributed by atoms with Gasteiger partial charge in [0.1, 0.15) is 11.6 Å². The van der Waals surface area contributed by atoms with Crippen LogP contribution in [0.1, 0.15) is 20.8 Å². The molecule has 0 spiro atoms. The maximum atomic E-state index is 12.6. The highest BCUT2D eigenvalue weighted by Gasteiger charge is 2.31. The van der Waals surface area contributed by atoms with Crippen molar-refractivity contribution in [1.29, 1.82) is 0 Å². The smallest absolute Gasteiger partial charge is 0.408 e. The molecule has 6 heteroatoms. The number of nitrogens with zero attached hydrogens (tertiary/aromatic N) is 1. The van der Waals surface area contributed by atoms with E-state index in [1.165, 1.54) is 0 Å². The minimum Gasteiger partial charge on any atom is -0.444 e. The highest BCUT2D eigenvalue weighted by molar-refractivity contribution is 6.02. The SMILES string of the molecule is CC(C)(C)OC(=O)NC1CN(c2ccccc2)c2ccccc2NC1=O. The zero-order valence-electron chi connectivity index (χ0n) is 15.2. The molecule has 1 unspecified atom stereocenters. The number of anilines is 3. The molecule has 1 heterocycles. The van der Waals surface area contributed by atoms with Gasteiger partial charge in [-0.15, -0.1) is 0 Å². The molecule has 1 atom stereocenters. The van der Waals surface area contributed by atoms with Crippen LogP contribution in [-0.2, 0) is 9.53 Å². The molecule has 0 saturated heterocycles. The number of rotatable bonds is 2. The molecule has 0 saturated carbocycles. The predicted molar refractivity (Wildman–Crippen MR) is 102 cm³/mol. The fraction of sp³-hybridized carbons (Fsp3) is 0.300. The first-order chi connectivity index (χ1) is 12.3. The van der Waals surface area contributed by atoms with E-state index in [1.54, 1.807) is 20.8 Å². The molecule has 1 aliphatic heterocycles. The number of ether oxygens (including phenoxy) is 1. The summed E-state index contributed by atoms with van der Waals surface area (Å²) in [5.41, 5.74) is 1.88. The molecule has 0 radical (unpaired) electrons. The van der Waals surface area contributed by atoms with Crippen molar-refractivity contribution in [2.24, 2.45) is 0 Å². The first kappa shape index (κ1) is 17.8. The summed E-state index contributed by atoms with van der Waals surface area (Å²) in [6, 6.07) is 16.6. The number of fused-ring (bicyclic) bond motifs is 1. The highest BCUT2D eigenvalue weighted by atomic mass is 16.6. The van der Waals surface area contributed by atoms with Gasteiger partial charge < -0.3 is 20.3 Å². The molecule has 136 valence electrons. The Hall–Kier alpha value is -3.02. The lowest BCUT2D eigenvalue weighted by atomic mass is 10.2. The minimum atomic E-state index is -0.752. The summed E-state index contributed by atoms with van der Waals surface area (Å²) >= 11 is 0. The van der Waals surface area contributed by atoms with E-state index in [9.17, 15) is 9.59 Å². The van der Waals surface area contributed by atoms with Gasteiger partial charge in [0.25, 0.3) is 0 Å². The Morgan fingerprint density at radius 3 is 2.46 bits per heavy atom. The summed E-state index contributed by atoms with van der Waals surface area (Å²) in [5, 5.41) is 5.57. The standard InChI is InChI=1S/C20H23N3O3/c1-20(2,3)26-19(25)22-16-13-23(14-9-5-4-6-10-14)17-12-8-7-11-15(17)21-18(16)24/h4-12,16H,13H2,1-3H3,(H,21,24)(H,22,25). The summed E-state index contributed by atoms with van der Waals surface area (Å²) < 4.78 is 5.30. The predicted octanol–water partition coefficient (Wildman–Crippen LogP) is 3.67. The molecule has 3 rings (SSSR count). The summed E-state index contributed by atoms with van der Waals surface area (Å²) in [7, 11) is 0. The van der Waals surface area contributed by atoms with Gasteiger partial charge in [0.2, 0.25) is 5.91 Å². The van der Waals surface area contributed by atoms with Crippen LogP contribution in [-0.4, -0.2) is 30.2 Å². The third-order valence-corrected chi connectivity index (χ3v) is 3.89. The lowest BCUT2D eigenvalue weighted by Gasteiger charge is -2.27. The number of alkyl carbamates (subject to hydrolysis) is 1. The number of carbonyl (C=O) groups excluding carboxylic acids is 2. The number of hydrogen-bond donors (Lipinski definition) is 2. The van der Waals surface area contributed by atoms with E-state index < -0.39 is 17.7 Å². The minimum absolute atomic E-state index is 0.276. The number of para-hydroxylation sites is 3. The monoisotopic (exact) mass is 353 g/mol. The van der Waals surface area contributed by atoms with Crippen molar-refractivity contribution in [2.75, 3.05) is 16.8 Å². The van der Waals surface area contributed by atoms with E-state index in [1.807, 2.05) is 59.5 Å². The first-order valence-corrected chi connectivity index (χ1v) is 8.55. The molecule has 0 fully saturated rings. The third-order valence-electron chi connectivity index (χ3n) is 3.89. The van der Waals surface area contributed by atoms with Crippen molar-refractivity contribution in [2.45, 2.75) is 32.4 Å². The highest BCUT2D eigenvalue weighted by Crippen LogP contribution is 2.34. The van der Waals surface area contributed by atoms with Gasteiger partial charge in [0.05, 0.1) is 17.9 Å². The number of benzene rings is 2. The average molecular weight is 353 g/mol. The number of hydrogen-bond acceptors (Lipinski definition) is 4. The largest absolute Gasteiger partial charge is 0.444 e. The lowest BCUT2D eigenvalue weighted by molar-refractivity contribution is -0.117. The Morgan fingerprint density at radius 2 is 1.77 bits per heavy atom. The van der Waals surface area contributed by atoms with Gasteiger partial charge in [-0.2, -0.15) is 0 Å². The number of nitrogens with one attached hydrogen (secondary N) is 2. The second-order valence-electron chi connectivity index (χ2n) is 7.15. The van der Waals surface area contributed by atoms with Gasteiger partial charge in [-0.3, -0.25) is 4.79 Å². The van der Waals surface area contributed by atoms with Crippen LogP contribution < -0.4 is 15.5 Å². The van der Waals surface area contributed by atoms with E-state index in [-0.39, 0.29) is 5.91 Å². The van der Waals surface area contributed by atoms with E-state index in [4.69, 9.17) is 4.74 Å². The van der Waals surface area contributed by atoms with Gasteiger partial charge in [-0.1, -0.05) is 30.3 Å². The van der Waals surface area contributed by atoms with Gasteiger partial charge in [-0.25, -0.2) is 4.79 Å². The van der Waals surface area contributed by atoms with Crippen LogP contribution in [0.5, 0.6) is 0 Å². The molecule has 0 aromatic heterocycles. The fourth-order valence-corrected chi connectivity index (χ4v) is 2.81. The molecule has 26 heavy (non-hydrogen) atoms. The van der Waals surface area contributed by atoms with Crippen LogP contribution in [0.4, 0.5) is 21.9 Å². The Bertz CT molecular complexity index is 799. The normalized spacial score (nSPS) is 17.0. The quantitative estimate of drug-likeness (QED) is 0.864. The Labute approximate surface area is 153 Å². The van der Waals surface area contributed by atoms with Gasteiger partial charge in [-0.05, 0) is 45.0 Å². The fourth-order valence-electron chi connectivity index (χ4n) is 2.81. The number of carbonyl (C=O) groups is 2. The van der Waals surface area contributed by atoms with Crippen LogP contribution in [0.2, 0.25) is 0 Å². The van der Waals surface area contributed by atoms with Gasteiger partial charge in [0, 0.05) is 5.69 Å². The summed E-state index contributed by atoms with van der Waals surface area (Å²) in [5.74, 6) is -0.276. The maximum absolute atomic E-state index is 12.6. The Morgan fingerprint density at radius 1 is 1.12 bits per heavy atom. The van der Waals surface area contributed by atoms with E-state index in [0.29, 0.717) is 12.2 Å². The van der Waals surface area contributed by atoms with Crippen LogP contribution in [0.3, 0.4) is 0 Å². The van der Waals surface area contributed by atoms with Crippen molar-refractivity contribution in [3.8, 4) is 0 Å². The molecule has 2 aromatic carbocycles. The molecule has 2 aromatic rings. The van der Waals surface area contributed by atoms with E-state index in [0.717, 1.165) is 11.4 Å². The van der Waals surface area contributed by atoms with Crippen LogP contribution in [0.15, 0.2) is 54.6 Å². The van der Waals surface area contributed by atoms with Crippen molar-refractivity contribution in [3.05, 3.63) is 54.6 Å².